The fraction of sp³-hybridized carbons (Fsp3) is 0.192. The second kappa shape index (κ2) is 9.19. The minimum absolute atomic E-state index is 0.0155. The van der Waals surface area contributed by atoms with Crippen LogP contribution in [0, 0.1) is 0 Å². The predicted octanol–water partition coefficient (Wildman–Crippen LogP) is 4.06. The van der Waals surface area contributed by atoms with Crippen LogP contribution in [0.4, 0.5) is 0 Å². The number of methoxy groups -OCH3 is 1. The predicted molar refractivity (Wildman–Crippen MR) is 133 cm³/mol. The zero-order valence-electron chi connectivity index (χ0n) is 18.7. The van der Waals surface area contributed by atoms with E-state index in [0.717, 1.165) is 52.0 Å². The summed E-state index contributed by atoms with van der Waals surface area (Å²) in [6, 6.07) is 14.9. The zero-order chi connectivity index (χ0) is 23.7. The smallest absolute Gasteiger partial charge is 0.267 e. The molecule has 2 heterocycles. The van der Waals surface area contributed by atoms with Crippen molar-refractivity contribution in [3.8, 4) is 11.4 Å². The molecule has 1 amide bonds. The first-order valence-electron chi connectivity index (χ1n) is 11.0. The maximum absolute atomic E-state index is 12.7. The van der Waals surface area contributed by atoms with E-state index in [1.165, 1.54) is 0 Å². The largest absolute Gasteiger partial charge is 0.497 e. The first-order chi connectivity index (χ1) is 16.5. The fourth-order valence-corrected chi connectivity index (χ4v) is 4.50. The maximum Gasteiger partial charge on any atom is 0.267 e. The number of ether oxygens (including phenoxy) is 1. The van der Waals surface area contributed by atoms with Crippen LogP contribution in [0.5, 0.6) is 5.75 Å². The third-order valence-corrected chi connectivity index (χ3v) is 6.25. The number of aromatic nitrogens is 3. The van der Waals surface area contributed by atoms with E-state index < -0.39 is 0 Å². The van der Waals surface area contributed by atoms with Crippen molar-refractivity contribution in [2.75, 3.05) is 7.11 Å². The van der Waals surface area contributed by atoms with Gasteiger partial charge in [0.15, 0.2) is 0 Å². The summed E-state index contributed by atoms with van der Waals surface area (Å²) >= 11 is 6.02. The molecule has 1 aliphatic rings. The first-order valence-corrected chi connectivity index (χ1v) is 11.4. The van der Waals surface area contributed by atoms with E-state index in [-0.39, 0.29) is 17.6 Å². The Balaban J connectivity index is 1.34. The van der Waals surface area contributed by atoms with Gasteiger partial charge in [0.2, 0.25) is 0 Å². The molecular formula is C26H24ClN5O2. The normalized spacial score (nSPS) is 15.7. The van der Waals surface area contributed by atoms with Gasteiger partial charge in [-0.1, -0.05) is 23.7 Å². The first kappa shape index (κ1) is 22.0. The van der Waals surface area contributed by atoms with E-state index >= 15 is 0 Å². The van der Waals surface area contributed by atoms with Crippen molar-refractivity contribution in [1.82, 2.24) is 20.1 Å². The summed E-state index contributed by atoms with van der Waals surface area (Å²) in [5.74, 6) is 0.484. The van der Waals surface area contributed by atoms with E-state index in [9.17, 15) is 4.79 Å². The Bertz CT molecular complexity index is 1410. The zero-order valence-corrected chi connectivity index (χ0v) is 19.4. The number of benzene rings is 2. The minimum atomic E-state index is -0.284. The van der Waals surface area contributed by atoms with Crippen LogP contribution >= 0.6 is 11.6 Å². The molecular weight excluding hydrogens is 450 g/mol. The molecule has 5 rings (SSSR count). The Morgan fingerprint density at radius 2 is 2.15 bits per heavy atom. The summed E-state index contributed by atoms with van der Waals surface area (Å²) in [4.78, 5) is 17.1. The number of nitrogens with one attached hydrogen (secondary N) is 1. The van der Waals surface area contributed by atoms with Gasteiger partial charge >= 0.3 is 0 Å². The number of carbonyl (C=O) groups is 1. The van der Waals surface area contributed by atoms with Gasteiger partial charge in [-0.25, -0.2) is 4.68 Å². The molecule has 7 nitrogen and oxygen atoms in total. The van der Waals surface area contributed by atoms with Gasteiger partial charge in [0.1, 0.15) is 5.75 Å². The van der Waals surface area contributed by atoms with E-state index in [2.05, 4.69) is 10.3 Å². The standard InChI is InChI=1S/C26H24ClN5O2/c1-34-20-6-8-24-21(14-20)25(9-10-29-24)32-15-17-13-19(5-7-23(17)31-32)30-26(33)22(28)12-16-3-2-4-18(27)11-16/h2-4,6,8-12,14-15,19H,5,7,13,28H2,1H3,(H,30,33)/b22-12-. The number of nitrogens with two attached hydrogens (primary N) is 1. The summed E-state index contributed by atoms with van der Waals surface area (Å²) in [6.07, 6.45) is 7.72. The summed E-state index contributed by atoms with van der Waals surface area (Å²) in [7, 11) is 1.65. The fourth-order valence-electron chi connectivity index (χ4n) is 4.30. The number of aryl methyl sites for hydroxylation is 1. The van der Waals surface area contributed by atoms with Gasteiger partial charge in [-0.05, 0) is 72.9 Å². The highest BCUT2D eigenvalue weighted by molar-refractivity contribution is 6.30. The van der Waals surface area contributed by atoms with Crippen molar-refractivity contribution < 1.29 is 9.53 Å². The molecule has 1 atom stereocenters. The van der Waals surface area contributed by atoms with Gasteiger partial charge in [0, 0.05) is 28.8 Å². The van der Waals surface area contributed by atoms with E-state index in [1.54, 1.807) is 31.5 Å². The Kier molecular flexibility index (Phi) is 5.94. The highest BCUT2D eigenvalue weighted by Crippen LogP contribution is 2.27. The lowest BCUT2D eigenvalue weighted by Gasteiger charge is -2.22. The lowest BCUT2D eigenvalue weighted by Crippen LogP contribution is -2.40. The van der Waals surface area contributed by atoms with Crippen LogP contribution in [-0.2, 0) is 17.6 Å². The van der Waals surface area contributed by atoms with Crippen LogP contribution in [0.25, 0.3) is 22.7 Å². The van der Waals surface area contributed by atoms with Gasteiger partial charge < -0.3 is 15.8 Å². The number of rotatable bonds is 5. The third-order valence-electron chi connectivity index (χ3n) is 6.01. The SMILES string of the molecule is COc1ccc2nccc(-n3cc4c(n3)CCC(NC(=O)/C(N)=C/c3cccc(Cl)c3)C4)c2c1. The molecule has 0 spiro atoms. The van der Waals surface area contributed by atoms with Crippen molar-refractivity contribution in [3.05, 3.63) is 88.5 Å². The van der Waals surface area contributed by atoms with Crippen molar-refractivity contribution in [2.24, 2.45) is 5.73 Å². The number of nitrogens with zero attached hydrogens (tertiary/aromatic N) is 3. The maximum atomic E-state index is 12.7. The average Bonchev–Trinajstić information content (AvgIpc) is 3.26. The van der Waals surface area contributed by atoms with Crippen molar-refractivity contribution in [2.45, 2.75) is 25.3 Å². The molecule has 172 valence electrons. The van der Waals surface area contributed by atoms with Crippen molar-refractivity contribution in [1.29, 1.82) is 0 Å². The Labute approximate surface area is 202 Å². The molecule has 2 aromatic heterocycles. The van der Waals surface area contributed by atoms with Gasteiger partial charge in [-0.3, -0.25) is 9.78 Å². The molecule has 1 aliphatic carbocycles. The molecule has 34 heavy (non-hydrogen) atoms. The number of pyridine rings is 1. The molecule has 0 radical (unpaired) electrons. The van der Waals surface area contributed by atoms with E-state index in [1.807, 2.05) is 47.3 Å². The molecule has 8 heteroatoms. The Morgan fingerprint density at radius 3 is 2.97 bits per heavy atom. The minimum Gasteiger partial charge on any atom is -0.497 e. The third kappa shape index (κ3) is 4.47. The Morgan fingerprint density at radius 1 is 1.26 bits per heavy atom. The van der Waals surface area contributed by atoms with Crippen molar-refractivity contribution >= 4 is 34.5 Å². The molecule has 1 unspecified atom stereocenters. The molecule has 0 bridgehead atoms. The lowest BCUT2D eigenvalue weighted by molar-refractivity contribution is -0.118. The van der Waals surface area contributed by atoms with Crippen LogP contribution in [0.2, 0.25) is 5.02 Å². The van der Waals surface area contributed by atoms with E-state index in [4.69, 9.17) is 27.2 Å². The number of carbonyl (C=O) groups excluding carboxylic acids is 1. The summed E-state index contributed by atoms with van der Waals surface area (Å²) in [6.45, 7) is 0. The van der Waals surface area contributed by atoms with Crippen molar-refractivity contribution in [3.63, 3.8) is 0 Å². The van der Waals surface area contributed by atoms with E-state index in [0.29, 0.717) is 11.4 Å². The average molecular weight is 474 g/mol. The highest BCUT2D eigenvalue weighted by atomic mass is 35.5. The number of hydrogen-bond donors (Lipinski definition) is 2. The second-order valence-electron chi connectivity index (χ2n) is 8.33. The number of hydrogen-bond acceptors (Lipinski definition) is 5. The lowest BCUT2D eigenvalue weighted by atomic mass is 9.93. The molecule has 3 N–H and O–H groups in total. The molecule has 0 fully saturated rings. The molecule has 0 saturated carbocycles. The molecule has 2 aromatic carbocycles. The van der Waals surface area contributed by atoms with Crippen LogP contribution in [0.3, 0.4) is 0 Å². The highest BCUT2D eigenvalue weighted by Gasteiger charge is 2.24. The molecule has 4 aromatic rings. The van der Waals surface area contributed by atoms with Crippen LogP contribution in [0.15, 0.2) is 66.6 Å². The number of amides is 1. The van der Waals surface area contributed by atoms with Crippen LogP contribution in [0.1, 0.15) is 23.2 Å². The quantitative estimate of drug-likeness (QED) is 0.426. The van der Waals surface area contributed by atoms with Gasteiger partial charge in [-0.15, -0.1) is 0 Å². The summed E-state index contributed by atoms with van der Waals surface area (Å²) in [5, 5.41) is 9.45. The summed E-state index contributed by atoms with van der Waals surface area (Å²) < 4.78 is 7.28. The number of halogens is 1. The second-order valence-corrected chi connectivity index (χ2v) is 8.76. The monoisotopic (exact) mass is 473 g/mol. The molecule has 0 aliphatic heterocycles. The van der Waals surface area contributed by atoms with Gasteiger partial charge in [0.25, 0.3) is 5.91 Å². The van der Waals surface area contributed by atoms with Crippen LogP contribution in [-0.4, -0.2) is 33.8 Å². The van der Waals surface area contributed by atoms with Gasteiger partial charge in [0.05, 0.1) is 29.7 Å². The number of fused-ring (bicyclic) bond motifs is 2. The topological polar surface area (TPSA) is 95.1 Å². The Hall–Kier alpha value is -3.84. The summed E-state index contributed by atoms with van der Waals surface area (Å²) in [5.41, 5.74) is 10.9. The van der Waals surface area contributed by atoms with Crippen LogP contribution < -0.4 is 15.8 Å². The molecule has 0 saturated heterocycles. The van der Waals surface area contributed by atoms with Gasteiger partial charge in [-0.2, -0.15) is 5.10 Å².